The largest absolute Gasteiger partial charge is 0.494 e. The number of hydrogen-bond donors (Lipinski definition) is 1. The molecule has 1 aromatic heterocycles. The fourth-order valence-electron chi connectivity index (χ4n) is 3.52. The minimum absolute atomic E-state index is 0.235. The Labute approximate surface area is 199 Å². The smallest absolute Gasteiger partial charge is 0.282 e. The van der Waals surface area contributed by atoms with E-state index in [0.717, 1.165) is 5.56 Å². The second kappa shape index (κ2) is 9.07. The number of alkyl halides is 2. The number of nitrogens with zero attached hydrogens (tertiary/aromatic N) is 2. The lowest BCUT2D eigenvalue weighted by molar-refractivity contribution is -0.114. The van der Waals surface area contributed by atoms with Crippen LogP contribution >= 0.6 is 23.8 Å². The number of anilines is 1. The van der Waals surface area contributed by atoms with Gasteiger partial charge in [0.25, 0.3) is 5.92 Å². The van der Waals surface area contributed by atoms with Crippen molar-refractivity contribution in [1.82, 2.24) is 9.88 Å². The fraction of sp³-hybridized carbons (Fsp3) is 0.261. The van der Waals surface area contributed by atoms with Crippen molar-refractivity contribution in [3.8, 4) is 17.2 Å². The van der Waals surface area contributed by atoms with Crippen LogP contribution in [0.15, 0.2) is 42.6 Å². The zero-order valence-corrected chi connectivity index (χ0v) is 19.4. The van der Waals surface area contributed by atoms with E-state index in [9.17, 15) is 13.6 Å². The van der Waals surface area contributed by atoms with E-state index in [-0.39, 0.29) is 19.0 Å². The zero-order valence-electron chi connectivity index (χ0n) is 17.8. The number of pyridine rings is 1. The lowest BCUT2D eigenvalue weighted by atomic mass is 10.1. The number of benzene rings is 2. The number of carbonyl (C=O) groups is 1. The lowest BCUT2D eigenvalue weighted by Crippen LogP contribution is -2.58. The van der Waals surface area contributed by atoms with Gasteiger partial charge in [0.2, 0.25) is 5.91 Å². The third-order valence-corrected chi connectivity index (χ3v) is 5.88. The summed E-state index contributed by atoms with van der Waals surface area (Å²) in [5, 5.41) is 3.82. The molecule has 0 aliphatic carbocycles. The van der Waals surface area contributed by atoms with Crippen molar-refractivity contribution >= 4 is 51.3 Å². The van der Waals surface area contributed by atoms with Gasteiger partial charge in [0, 0.05) is 36.0 Å². The van der Waals surface area contributed by atoms with Crippen LogP contribution in [0.2, 0.25) is 5.02 Å². The maximum Gasteiger partial charge on any atom is 0.282 e. The number of fused-ring (bicyclic) bond motifs is 1. The number of methoxy groups -OCH3 is 1. The van der Waals surface area contributed by atoms with Crippen LogP contribution in [0.1, 0.15) is 12.5 Å². The molecule has 1 N–H and O–H groups in total. The van der Waals surface area contributed by atoms with Crippen LogP contribution in [0.5, 0.6) is 17.2 Å². The molecule has 4 rings (SSSR count). The van der Waals surface area contributed by atoms with E-state index in [0.29, 0.717) is 50.3 Å². The van der Waals surface area contributed by atoms with Crippen molar-refractivity contribution < 1.29 is 23.0 Å². The Morgan fingerprint density at radius 3 is 2.64 bits per heavy atom. The Balaban J connectivity index is 1.56. The Hall–Kier alpha value is -3.04. The predicted molar refractivity (Wildman–Crippen MR) is 127 cm³/mol. The molecule has 2 aromatic carbocycles. The number of ether oxygens (including phenoxy) is 2. The average Bonchev–Trinajstić information content (AvgIpc) is 2.73. The number of likely N-dealkylation sites (tertiary alicyclic amines) is 1. The highest BCUT2D eigenvalue weighted by Gasteiger charge is 2.44. The van der Waals surface area contributed by atoms with Crippen molar-refractivity contribution in [2.75, 3.05) is 25.5 Å². The number of thiocarbonyl (C=S) groups is 1. The molecule has 1 fully saturated rings. The summed E-state index contributed by atoms with van der Waals surface area (Å²) in [4.78, 5) is 17.8. The van der Waals surface area contributed by atoms with Crippen molar-refractivity contribution in [3.63, 3.8) is 0 Å². The molecule has 2 heterocycles. The summed E-state index contributed by atoms with van der Waals surface area (Å²) >= 11 is 11.7. The Morgan fingerprint density at radius 2 is 2.00 bits per heavy atom. The molecule has 0 bridgehead atoms. The van der Waals surface area contributed by atoms with Crippen LogP contribution in [-0.4, -0.2) is 46.9 Å². The number of amides is 1. The molecule has 0 radical (unpaired) electrons. The van der Waals surface area contributed by atoms with Crippen LogP contribution in [-0.2, 0) is 11.2 Å². The third kappa shape index (κ3) is 5.15. The summed E-state index contributed by atoms with van der Waals surface area (Å²) < 4.78 is 37.6. The second-order valence-corrected chi connectivity index (χ2v) is 8.58. The summed E-state index contributed by atoms with van der Waals surface area (Å²) in [6.45, 7) is 0.698. The maximum absolute atomic E-state index is 13.1. The average molecular weight is 492 g/mol. The molecule has 33 heavy (non-hydrogen) atoms. The van der Waals surface area contributed by atoms with Gasteiger partial charge in [-0.15, -0.1) is 0 Å². The summed E-state index contributed by atoms with van der Waals surface area (Å²) in [6.07, 6.45) is 1.90. The molecule has 0 atom stereocenters. The predicted octanol–water partition coefficient (Wildman–Crippen LogP) is 5.47. The van der Waals surface area contributed by atoms with E-state index in [1.165, 1.54) is 18.9 Å². The van der Waals surface area contributed by atoms with Gasteiger partial charge in [-0.25, -0.2) is 8.78 Å². The Kier molecular flexibility index (Phi) is 6.36. The molecular formula is C23H20ClF2N3O3S. The molecule has 0 unspecified atom stereocenters. The highest BCUT2D eigenvalue weighted by Crippen LogP contribution is 2.37. The maximum atomic E-state index is 13.1. The number of nitrogens with one attached hydrogen (secondary N) is 1. The number of hydrogen-bond acceptors (Lipinski definition) is 5. The van der Waals surface area contributed by atoms with Gasteiger partial charge in [-0.1, -0.05) is 29.9 Å². The topological polar surface area (TPSA) is 63.7 Å². The normalized spacial score (nSPS) is 14.5. The monoisotopic (exact) mass is 491 g/mol. The fourth-order valence-corrected chi connectivity index (χ4v) is 4.04. The minimum Gasteiger partial charge on any atom is -0.494 e. The van der Waals surface area contributed by atoms with Crippen molar-refractivity contribution in [2.45, 2.75) is 19.3 Å². The van der Waals surface area contributed by atoms with Crippen molar-refractivity contribution in [2.24, 2.45) is 0 Å². The first kappa shape index (κ1) is 23.1. The van der Waals surface area contributed by atoms with Gasteiger partial charge >= 0.3 is 0 Å². The molecule has 0 spiro atoms. The van der Waals surface area contributed by atoms with Gasteiger partial charge in [0.05, 0.1) is 36.4 Å². The standard InChI is InChI=1S/C23H20ClF2N3O3S/c1-13(30)28-19-9-16-18(10-21(19)31-2)27-6-5-20(16)32-15-4-3-14(17(24)8-15)7-22(33)29-11-23(25,26)12-29/h3-6,8-10H,7,11-12H2,1-2H3,(H,28,30). The van der Waals surface area contributed by atoms with Crippen LogP contribution in [0, 0.1) is 0 Å². The summed E-state index contributed by atoms with van der Waals surface area (Å²) in [7, 11) is 1.51. The molecule has 172 valence electrons. The molecule has 1 aliphatic heterocycles. The first-order chi connectivity index (χ1) is 15.6. The van der Waals surface area contributed by atoms with Crippen LogP contribution in [0.25, 0.3) is 10.9 Å². The number of aromatic nitrogens is 1. The lowest BCUT2D eigenvalue weighted by Gasteiger charge is -2.40. The molecule has 10 heteroatoms. The third-order valence-electron chi connectivity index (χ3n) is 5.12. The van der Waals surface area contributed by atoms with E-state index in [1.54, 1.807) is 42.6 Å². The molecule has 1 amide bonds. The molecule has 3 aromatic rings. The summed E-state index contributed by atoms with van der Waals surface area (Å²) in [5.74, 6) is -1.44. The van der Waals surface area contributed by atoms with E-state index < -0.39 is 5.92 Å². The van der Waals surface area contributed by atoms with E-state index in [1.807, 2.05) is 0 Å². The minimum atomic E-state index is -2.68. The highest BCUT2D eigenvalue weighted by atomic mass is 35.5. The molecular weight excluding hydrogens is 472 g/mol. The van der Waals surface area contributed by atoms with Crippen LogP contribution in [0.3, 0.4) is 0 Å². The Bertz CT molecular complexity index is 1250. The summed E-state index contributed by atoms with van der Waals surface area (Å²) in [5.41, 5.74) is 1.84. The number of halogens is 3. The van der Waals surface area contributed by atoms with Gasteiger partial charge < -0.3 is 19.7 Å². The van der Waals surface area contributed by atoms with Gasteiger partial charge in [-0.3, -0.25) is 9.78 Å². The van der Waals surface area contributed by atoms with E-state index >= 15 is 0 Å². The molecule has 1 aliphatic rings. The molecule has 1 saturated heterocycles. The van der Waals surface area contributed by atoms with E-state index in [4.69, 9.17) is 33.3 Å². The van der Waals surface area contributed by atoms with Gasteiger partial charge in [0.15, 0.2) is 0 Å². The molecule has 0 saturated carbocycles. The summed E-state index contributed by atoms with van der Waals surface area (Å²) in [6, 6.07) is 10.3. The van der Waals surface area contributed by atoms with Gasteiger partial charge in [0.1, 0.15) is 17.2 Å². The van der Waals surface area contributed by atoms with E-state index in [2.05, 4.69) is 10.3 Å². The first-order valence-electron chi connectivity index (χ1n) is 10.0. The SMILES string of the molecule is COc1cc2nccc(Oc3ccc(CC(=S)N4CC(F)(F)C4)c(Cl)c3)c2cc1NC(C)=O. The Morgan fingerprint density at radius 1 is 1.24 bits per heavy atom. The number of carbonyl (C=O) groups excluding carboxylic acids is 1. The number of rotatable bonds is 6. The second-order valence-electron chi connectivity index (χ2n) is 7.70. The quantitative estimate of drug-likeness (QED) is 0.461. The van der Waals surface area contributed by atoms with Crippen molar-refractivity contribution in [1.29, 1.82) is 0 Å². The van der Waals surface area contributed by atoms with Crippen LogP contribution < -0.4 is 14.8 Å². The zero-order chi connectivity index (χ0) is 23.8. The molecule has 6 nitrogen and oxygen atoms in total. The van der Waals surface area contributed by atoms with Gasteiger partial charge in [-0.05, 0) is 29.8 Å². The highest BCUT2D eigenvalue weighted by molar-refractivity contribution is 7.80. The van der Waals surface area contributed by atoms with Crippen LogP contribution in [0.4, 0.5) is 14.5 Å². The van der Waals surface area contributed by atoms with Gasteiger partial charge in [-0.2, -0.15) is 0 Å². The first-order valence-corrected chi connectivity index (χ1v) is 10.8. The van der Waals surface area contributed by atoms with Crippen molar-refractivity contribution in [3.05, 3.63) is 53.2 Å².